The number of nitrogens with one attached hydrogen (secondary N) is 2. The van der Waals surface area contributed by atoms with Crippen LogP contribution in [0.1, 0.15) is 47.5 Å². The van der Waals surface area contributed by atoms with Crippen molar-refractivity contribution in [2.24, 2.45) is 0 Å². The summed E-state index contributed by atoms with van der Waals surface area (Å²) in [5.74, 6) is -1.42. The molecule has 1 aromatic heterocycles. The molecule has 0 saturated heterocycles. The fourth-order valence-electron chi connectivity index (χ4n) is 3.57. The van der Waals surface area contributed by atoms with Crippen LogP contribution in [-0.2, 0) is 12.1 Å². The molecule has 1 unspecified atom stereocenters. The first-order valence-electron chi connectivity index (χ1n) is 9.49. The third-order valence-electron chi connectivity index (χ3n) is 5.10. The Balaban J connectivity index is 1.68. The molecule has 30 heavy (non-hydrogen) atoms. The summed E-state index contributed by atoms with van der Waals surface area (Å²) in [4.78, 5) is 30.0. The number of nitrogens with zero attached hydrogens (tertiary/aromatic N) is 2. The molecule has 2 heterocycles. The highest BCUT2D eigenvalue weighted by molar-refractivity contribution is 5.94. The van der Waals surface area contributed by atoms with Gasteiger partial charge in [-0.1, -0.05) is 42.5 Å². The summed E-state index contributed by atoms with van der Waals surface area (Å²) in [6, 6.07) is 15.0. The molecule has 3 N–H and O–H groups in total. The van der Waals surface area contributed by atoms with Gasteiger partial charge in [-0.2, -0.15) is 0 Å². The van der Waals surface area contributed by atoms with Gasteiger partial charge in [0.2, 0.25) is 5.75 Å². The van der Waals surface area contributed by atoms with Gasteiger partial charge in [0.15, 0.2) is 5.69 Å². The number of hydrogen-bond donors (Lipinski definition) is 3. The topological polar surface area (TPSA) is 96.2 Å². The van der Waals surface area contributed by atoms with Gasteiger partial charge < -0.3 is 10.4 Å². The number of fused-ring (bicyclic) bond motifs is 1. The molecule has 1 atom stereocenters. The highest BCUT2D eigenvalue weighted by Crippen LogP contribution is 2.33. The second-order valence-electron chi connectivity index (χ2n) is 7.70. The van der Waals surface area contributed by atoms with Crippen LogP contribution in [0.2, 0.25) is 0 Å². The molecule has 8 heteroatoms. The number of carbonyl (C=O) groups excluding carboxylic acids is 1. The van der Waals surface area contributed by atoms with Crippen molar-refractivity contribution in [1.29, 1.82) is 0 Å². The highest BCUT2D eigenvalue weighted by Gasteiger charge is 2.41. The van der Waals surface area contributed by atoms with Gasteiger partial charge in [0.25, 0.3) is 11.5 Å². The van der Waals surface area contributed by atoms with Crippen molar-refractivity contribution in [2.75, 3.05) is 0 Å². The summed E-state index contributed by atoms with van der Waals surface area (Å²) >= 11 is 0. The van der Waals surface area contributed by atoms with Crippen LogP contribution in [0.4, 0.5) is 4.39 Å². The molecule has 4 rings (SSSR count). The first-order valence-corrected chi connectivity index (χ1v) is 9.49. The van der Waals surface area contributed by atoms with Crippen molar-refractivity contribution < 1.29 is 14.3 Å². The van der Waals surface area contributed by atoms with Crippen molar-refractivity contribution in [3.8, 4) is 5.75 Å². The summed E-state index contributed by atoms with van der Waals surface area (Å²) in [6.45, 7) is 3.81. The van der Waals surface area contributed by atoms with Crippen LogP contribution in [0.25, 0.3) is 0 Å². The minimum Gasteiger partial charge on any atom is -0.501 e. The number of aromatic hydroxyl groups is 1. The van der Waals surface area contributed by atoms with Crippen LogP contribution in [0.15, 0.2) is 59.4 Å². The SMILES string of the molecule is CC1(C)NC(c2ccccc2)n2c1nc(C(=O)NCc1ccc(F)cc1)c(O)c2=O. The van der Waals surface area contributed by atoms with Crippen LogP contribution in [0, 0.1) is 5.82 Å². The van der Waals surface area contributed by atoms with E-state index < -0.39 is 28.9 Å². The fourth-order valence-corrected chi connectivity index (χ4v) is 3.57. The van der Waals surface area contributed by atoms with E-state index in [0.29, 0.717) is 11.4 Å². The number of amides is 1. The Labute approximate surface area is 172 Å². The summed E-state index contributed by atoms with van der Waals surface area (Å²) in [7, 11) is 0. The zero-order chi connectivity index (χ0) is 21.5. The molecular formula is C22H21FN4O3. The quantitative estimate of drug-likeness (QED) is 0.616. The number of halogens is 1. The molecule has 3 aromatic rings. The molecule has 0 radical (unpaired) electrons. The molecule has 1 aliphatic heterocycles. The van der Waals surface area contributed by atoms with Gasteiger partial charge in [-0.15, -0.1) is 0 Å². The Kier molecular flexibility index (Phi) is 4.87. The minimum absolute atomic E-state index is 0.104. The lowest BCUT2D eigenvalue weighted by atomic mass is 10.1. The van der Waals surface area contributed by atoms with E-state index in [-0.39, 0.29) is 18.1 Å². The molecule has 7 nitrogen and oxygen atoms in total. The summed E-state index contributed by atoms with van der Waals surface area (Å²) in [5, 5.41) is 16.4. The Bertz CT molecular complexity index is 1160. The van der Waals surface area contributed by atoms with Crippen molar-refractivity contribution in [1.82, 2.24) is 20.2 Å². The van der Waals surface area contributed by atoms with E-state index in [1.54, 1.807) is 0 Å². The highest BCUT2D eigenvalue weighted by atomic mass is 19.1. The van der Waals surface area contributed by atoms with Gasteiger partial charge in [-0.25, -0.2) is 9.37 Å². The third kappa shape index (κ3) is 3.46. The molecule has 0 bridgehead atoms. The lowest BCUT2D eigenvalue weighted by Gasteiger charge is -2.19. The number of aromatic nitrogens is 2. The average Bonchev–Trinajstić information content (AvgIpc) is 3.01. The average molecular weight is 408 g/mol. The zero-order valence-electron chi connectivity index (χ0n) is 16.5. The fraction of sp³-hybridized carbons (Fsp3) is 0.227. The van der Waals surface area contributed by atoms with Gasteiger partial charge >= 0.3 is 0 Å². The van der Waals surface area contributed by atoms with Crippen LogP contribution < -0.4 is 16.2 Å². The predicted octanol–water partition coefficient (Wildman–Crippen LogP) is 2.40. The lowest BCUT2D eigenvalue weighted by Crippen LogP contribution is -2.33. The summed E-state index contributed by atoms with van der Waals surface area (Å²) in [5.41, 5.74) is -0.232. The molecule has 0 aliphatic carbocycles. The van der Waals surface area contributed by atoms with Gasteiger partial charge in [-0.05, 0) is 37.1 Å². The van der Waals surface area contributed by atoms with E-state index in [0.717, 1.165) is 5.56 Å². The standard InChI is InChI=1S/C22H21FN4O3/c1-22(2)21-25-16(19(29)24-12-13-8-10-15(23)11-9-13)17(28)20(30)27(21)18(26-22)14-6-4-3-5-7-14/h3-11,18,26,28H,12H2,1-2H3,(H,24,29). The van der Waals surface area contributed by atoms with E-state index in [2.05, 4.69) is 15.6 Å². The smallest absolute Gasteiger partial charge is 0.298 e. The summed E-state index contributed by atoms with van der Waals surface area (Å²) < 4.78 is 14.4. The molecular weight excluding hydrogens is 387 g/mol. The lowest BCUT2D eigenvalue weighted by molar-refractivity contribution is 0.0941. The maximum Gasteiger partial charge on any atom is 0.298 e. The predicted molar refractivity (Wildman–Crippen MR) is 108 cm³/mol. The van der Waals surface area contributed by atoms with Crippen molar-refractivity contribution in [2.45, 2.75) is 32.1 Å². The number of carbonyl (C=O) groups is 1. The molecule has 1 aliphatic rings. The number of benzene rings is 2. The molecule has 154 valence electrons. The van der Waals surface area contributed by atoms with Gasteiger partial charge in [-0.3, -0.25) is 19.5 Å². The third-order valence-corrected chi connectivity index (χ3v) is 5.10. The van der Waals surface area contributed by atoms with Gasteiger partial charge in [0, 0.05) is 6.54 Å². The van der Waals surface area contributed by atoms with Crippen molar-refractivity contribution in [3.05, 3.63) is 93.4 Å². The normalized spacial score (nSPS) is 16.8. The molecule has 1 amide bonds. The first-order chi connectivity index (χ1) is 14.3. The van der Waals surface area contributed by atoms with Crippen LogP contribution in [0.3, 0.4) is 0 Å². The Hall–Kier alpha value is -3.52. The van der Waals surface area contributed by atoms with Gasteiger partial charge in [0.05, 0.1) is 5.54 Å². The zero-order valence-corrected chi connectivity index (χ0v) is 16.5. The molecule has 2 aromatic carbocycles. The summed E-state index contributed by atoms with van der Waals surface area (Å²) in [6.07, 6.45) is -0.515. The second kappa shape index (κ2) is 7.38. The van der Waals surface area contributed by atoms with E-state index in [1.807, 2.05) is 44.2 Å². The minimum atomic E-state index is -0.712. The number of hydrogen-bond acceptors (Lipinski definition) is 5. The van der Waals surface area contributed by atoms with E-state index in [4.69, 9.17) is 0 Å². The molecule has 0 spiro atoms. The Morgan fingerprint density at radius 2 is 1.87 bits per heavy atom. The van der Waals surface area contributed by atoms with Crippen molar-refractivity contribution >= 4 is 5.91 Å². The Morgan fingerprint density at radius 1 is 1.20 bits per heavy atom. The van der Waals surface area contributed by atoms with Crippen molar-refractivity contribution in [3.63, 3.8) is 0 Å². The van der Waals surface area contributed by atoms with E-state index in [9.17, 15) is 19.1 Å². The first kappa shape index (κ1) is 19.8. The maximum atomic E-state index is 13.0. The van der Waals surface area contributed by atoms with Crippen LogP contribution in [-0.4, -0.2) is 20.6 Å². The van der Waals surface area contributed by atoms with Crippen LogP contribution >= 0.6 is 0 Å². The molecule has 0 fully saturated rings. The van der Waals surface area contributed by atoms with Gasteiger partial charge in [0.1, 0.15) is 17.8 Å². The number of rotatable bonds is 4. The molecule has 0 saturated carbocycles. The van der Waals surface area contributed by atoms with E-state index in [1.165, 1.54) is 28.8 Å². The Morgan fingerprint density at radius 3 is 2.53 bits per heavy atom. The van der Waals surface area contributed by atoms with E-state index >= 15 is 0 Å². The largest absolute Gasteiger partial charge is 0.501 e. The van der Waals surface area contributed by atoms with Crippen LogP contribution in [0.5, 0.6) is 5.75 Å². The monoisotopic (exact) mass is 408 g/mol. The second-order valence-corrected chi connectivity index (χ2v) is 7.70. The maximum absolute atomic E-state index is 13.0.